The van der Waals surface area contributed by atoms with E-state index >= 15 is 0 Å². The number of nitrogens with two attached hydrogens (primary N) is 1. The first-order valence-corrected chi connectivity index (χ1v) is 6.66. The number of aromatic amines is 1. The SMILES string of the molecule is COc1ccc2[nH]cc(C(=O)c3cc(C)ccc3N)c2c1. The molecule has 4 heteroatoms. The average Bonchev–Trinajstić information content (AvgIpc) is 2.91. The van der Waals surface area contributed by atoms with Crippen LogP contribution in [-0.4, -0.2) is 17.9 Å². The van der Waals surface area contributed by atoms with Crippen molar-refractivity contribution in [1.82, 2.24) is 4.98 Å². The third kappa shape index (κ3) is 2.25. The van der Waals surface area contributed by atoms with Gasteiger partial charge in [-0.3, -0.25) is 4.79 Å². The number of fused-ring (bicyclic) bond motifs is 1. The molecular formula is C17H16N2O2. The number of nitrogen functional groups attached to an aromatic ring is 1. The highest BCUT2D eigenvalue weighted by Crippen LogP contribution is 2.27. The van der Waals surface area contributed by atoms with E-state index in [2.05, 4.69) is 4.98 Å². The Bertz CT molecular complexity index is 834. The molecule has 21 heavy (non-hydrogen) atoms. The maximum atomic E-state index is 12.8. The zero-order valence-electron chi connectivity index (χ0n) is 11.9. The molecule has 0 radical (unpaired) electrons. The Hall–Kier alpha value is -2.75. The minimum absolute atomic E-state index is 0.0873. The lowest BCUT2D eigenvalue weighted by Gasteiger charge is -2.06. The summed E-state index contributed by atoms with van der Waals surface area (Å²) < 4.78 is 5.23. The van der Waals surface area contributed by atoms with Crippen LogP contribution in [-0.2, 0) is 0 Å². The average molecular weight is 280 g/mol. The molecule has 0 saturated carbocycles. The van der Waals surface area contributed by atoms with Gasteiger partial charge in [-0.05, 0) is 37.3 Å². The first-order chi connectivity index (χ1) is 10.1. The van der Waals surface area contributed by atoms with Gasteiger partial charge in [0.15, 0.2) is 5.78 Å². The van der Waals surface area contributed by atoms with E-state index in [9.17, 15) is 4.79 Å². The zero-order chi connectivity index (χ0) is 15.0. The van der Waals surface area contributed by atoms with Crippen LogP contribution in [0.25, 0.3) is 10.9 Å². The monoisotopic (exact) mass is 280 g/mol. The maximum absolute atomic E-state index is 12.8. The molecule has 2 aromatic carbocycles. The largest absolute Gasteiger partial charge is 0.497 e. The number of nitrogens with one attached hydrogen (secondary N) is 1. The molecule has 0 spiro atoms. The Morgan fingerprint density at radius 3 is 2.71 bits per heavy atom. The van der Waals surface area contributed by atoms with E-state index in [0.29, 0.717) is 22.6 Å². The Kier molecular flexibility index (Phi) is 3.14. The van der Waals surface area contributed by atoms with Crippen molar-refractivity contribution < 1.29 is 9.53 Å². The Morgan fingerprint density at radius 1 is 1.14 bits per heavy atom. The summed E-state index contributed by atoms with van der Waals surface area (Å²) in [5.74, 6) is 0.629. The Balaban J connectivity index is 2.15. The topological polar surface area (TPSA) is 68.1 Å². The smallest absolute Gasteiger partial charge is 0.197 e. The number of benzene rings is 2. The van der Waals surface area contributed by atoms with Crippen LogP contribution in [0.2, 0.25) is 0 Å². The highest BCUT2D eigenvalue weighted by Gasteiger charge is 2.17. The molecule has 1 heterocycles. The van der Waals surface area contributed by atoms with Gasteiger partial charge in [0.2, 0.25) is 0 Å². The molecule has 3 aromatic rings. The van der Waals surface area contributed by atoms with Gasteiger partial charge in [0.1, 0.15) is 5.75 Å². The van der Waals surface area contributed by atoms with Crippen LogP contribution in [0, 0.1) is 6.92 Å². The van der Waals surface area contributed by atoms with Crippen LogP contribution < -0.4 is 10.5 Å². The first kappa shape index (κ1) is 13.2. The molecule has 1 aromatic heterocycles. The molecule has 0 fully saturated rings. The van der Waals surface area contributed by atoms with E-state index in [-0.39, 0.29) is 5.78 Å². The molecule has 0 unspecified atom stereocenters. The number of ether oxygens (including phenoxy) is 1. The number of rotatable bonds is 3. The number of H-pyrrole nitrogens is 1. The Morgan fingerprint density at radius 2 is 1.95 bits per heavy atom. The summed E-state index contributed by atoms with van der Waals surface area (Å²) in [6.07, 6.45) is 1.72. The molecule has 0 aliphatic rings. The summed E-state index contributed by atoms with van der Waals surface area (Å²) in [5, 5.41) is 0.834. The number of hydrogen-bond donors (Lipinski definition) is 2. The molecule has 3 rings (SSSR count). The van der Waals surface area contributed by atoms with Gasteiger partial charge in [-0.15, -0.1) is 0 Å². The second-order valence-electron chi connectivity index (χ2n) is 5.03. The predicted molar refractivity (Wildman–Crippen MR) is 83.9 cm³/mol. The lowest BCUT2D eigenvalue weighted by atomic mass is 9.99. The van der Waals surface area contributed by atoms with Crippen molar-refractivity contribution in [1.29, 1.82) is 0 Å². The van der Waals surface area contributed by atoms with E-state index in [4.69, 9.17) is 10.5 Å². The zero-order valence-corrected chi connectivity index (χ0v) is 11.9. The number of hydrogen-bond acceptors (Lipinski definition) is 3. The van der Waals surface area contributed by atoms with Gasteiger partial charge in [-0.25, -0.2) is 0 Å². The molecule has 0 saturated heterocycles. The number of methoxy groups -OCH3 is 1. The number of ketones is 1. The van der Waals surface area contributed by atoms with E-state index in [1.165, 1.54) is 0 Å². The van der Waals surface area contributed by atoms with Crippen molar-refractivity contribution in [2.45, 2.75) is 6.92 Å². The van der Waals surface area contributed by atoms with Crippen LogP contribution in [0.5, 0.6) is 5.75 Å². The summed E-state index contributed by atoms with van der Waals surface area (Å²) in [5.41, 5.74) is 9.45. The number of aromatic nitrogens is 1. The number of aryl methyl sites for hydroxylation is 1. The van der Waals surface area contributed by atoms with Crippen molar-refractivity contribution >= 4 is 22.4 Å². The molecular weight excluding hydrogens is 264 g/mol. The normalized spacial score (nSPS) is 10.8. The highest BCUT2D eigenvalue weighted by molar-refractivity contribution is 6.18. The Labute approximate surface area is 122 Å². The second-order valence-corrected chi connectivity index (χ2v) is 5.03. The second kappa shape index (κ2) is 4.98. The fourth-order valence-corrected chi connectivity index (χ4v) is 2.43. The van der Waals surface area contributed by atoms with E-state index in [1.54, 1.807) is 19.4 Å². The summed E-state index contributed by atoms with van der Waals surface area (Å²) in [6, 6.07) is 11.1. The van der Waals surface area contributed by atoms with Gasteiger partial charge in [0.25, 0.3) is 0 Å². The first-order valence-electron chi connectivity index (χ1n) is 6.66. The van der Waals surface area contributed by atoms with E-state index in [0.717, 1.165) is 16.5 Å². The minimum atomic E-state index is -0.0873. The lowest BCUT2D eigenvalue weighted by Crippen LogP contribution is -2.05. The van der Waals surface area contributed by atoms with Gasteiger partial charge in [0.05, 0.1) is 7.11 Å². The van der Waals surface area contributed by atoms with Gasteiger partial charge in [-0.2, -0.15) is 0 Å². The number of carbonyl (C=O) groups is 1. The van der Waals surface area contributed by atoms with Gasteiger partial charge >= 0.3 is 0 Å². The van der Waals surface area contributed by atoms with Crippen LogP contribution in [0.3, 0.4) is 0 Å². The summed E-state index contributed by atoms with van der Waals surface area (Å²) in [6.45, 7) is 1.94. The number of carbonyl (C=O) groups excluding carboxylic acids is 1. The maximum Gasteiger partial charge on any atom is 0.197 e. The fraction of sp³-hybridized carbons (Fsp3) is 0.118. The van der Waals surface area contributed by atoms with Crippen molar-refractivity contribution in [3.8, 4) is 5.75 Å². The molecule has 4 nitrogen and oxygen atoms in total. The van der Waals surface area contributed by atoms with Crippen LogP contribution in [0.1, 0.15) is 21.5 Å². The summed E-state index contributed by atoms with van der Waals surface area (Å²) in [4.78, 5) is 15.9. The van der Waals surface area contributed by atoms with Crippen molar-refractivity contribution in [2.75, 3.05) is 12.8 Å². The van der Waals surface area contributed by atoms with Gasteiger partial charge in [0, 0.05) is 33.9 Å². The highest BCUT2D eigenvalue weighted by atomic mass is 16.5. The molecule has 3 N–H and O–H groups in total. The quantitative estimate of drug-likeness (QED) is 0.571. The molecule has 0 amide bonds. The van der Waals surface area contributed by atoms with E-state index < -0.39 is 0 Å². The predicted octanol–water partition coefficient (Wildman–Crippen LogP) is 3.30. The lowest BCUT2D eigenvalue weighted by molar-refractivity contribution is 0.104. The third-order valence-corrected chi connectivity index (χ3v) is 3.59. The molecule has 0 bridgehead atoms. The van der Waals surface area contributed by atoms with Crippen molar-refractivity contribution in [3.05, 3.63) is 59.3 Å². The van der Waals surface area contributed by atoms with Crippen LogP contribution in [0.15, 0.2) is 42.6 Å². The van der Waals surface area contributed by atoms with Crippen molar-refractivity contribution in [3.63, 3.8) is 0 Å². The molecule has 0 aliphatic carbocycles. The fourth-order valence-electron chi connectivity index (χ4n) is 2.43. The van der Waals surface area contributed by atoms with Crippen molar-refractivity contribution in [2.24, 2.45) is 0 Å². The van der Waals surface area contributed by atoms with Gasteiger partial charge in [-0.1, -0.05) is 11.6 Å². The number of anilines is 1. The standard InChI is InChI=1S/C17H16N2O2/c1-10-3-5-15(18)13(7-10)17(20)14-9-19-16-6-4-11(21-2)8-12(14)16/h3-9,19H,18H2,1-2H3. The van der Waals surface area contributed by atoms with Gasteiger partial charge < -0.3 is 15.5 Å². The molecule has 106 valence electrons. The third-order valence-electron chi connectivity index (χ3n) is 3.59. The molecule has 0 aliphatic heterocycles. The minimum Gasteiger partial charge on any atom is -0.497 e. The van der Waals surface area contributed by atoms with Crippen LogP contribution in [0.4, 0.5) is 5.69 Å². The van der Waals surface area contributed by atoms with E-state index in [1.807, 2.05) is 37.3 Å². The summed E-state index contributed by atoms with van der Waals surface area (Å²) >= 11 is 0. The summed E-state index contributed by atoms with van der Waals surface area (Å²) in [7, 11) is 1.61. The van der Waals surface area contributed by atoms with Crippen LogP contribution >= 0.6 is 0 Å². The molecule has 0 atom stereocenters.